The number of aromatic nitrogens is 1. The molecule has 3 rings (SSSR count). The Balaban J connectivity index is 1.79. The van der Waals surface area contributed by atoms with Crippen LogP contribution in [0.25, 0.3) is 0 Å². The second-order valence-electron chi connectivity index (χ2n) is 6.21. The number of amides is 1. The van der Waals surface area contributed by atoms with E-state index in [1.807, 2.05) is 49.4 Å². The number of aryl methyl sites for hydroxylation is 1. The second kappa shape index (κ2) is 6.43. The number of aliphatic carboxylic acids is 1. The SMILES string of the molecule is Cc1cccc(C(=O)N2CCC(C(=O)O)(c3ccccc3)CC2)n1. The van der Waals surface area contributed by atoms with Gasteiger partial charge in [-0.2, -0.15) is 0 Å². The lowest BCUT2D eigenvalue weighted by Gasteiger charge is -2.39. The number of piperidine rings is 1. The standard InChI is InChI=1S/C19H20N2O3/c1-14-6-5-9-16(20-14)17(22)21-12-10-19(11-13-21,18(23)24)15-7-3-2-4-8-15/h2-9H,10-13H2,1H3,(H,23,24). The highest BCUT2D eigenvalue weighted by molar-refractivity contribution is 5.92. The summed E-state index contributed by atoms with van der Waals surface area (Å²) in [5.74, 6) is -0.958. The van der Waals surface area contributed by atoms with Crippen LogP contribution in [0.1, 0.15) is 34.6 Å². The normalized spacial score (nSPS) is 16.6. The van der Waals surface area contributed by atoms with Crippen molar-refractivity contribution in [3.8, 4) is 0 Å². The molecule has 0 aliphatic carbocycles. The first-order chi connectivity index (χ1) is 11.5. The van der Waals surface area contributed by atoms with Gasteiger partial charge in [-0.15, -0.1) is 0 Å². The molecule has 124 valence electrons. The smallest absolute Gasteiger partial charge is 0.314 e. The molecule has 1 N–H and O–H groups in total. The third-order valence-electron chi connectivity index (χ3n) is 4.75. The summed E-state index contributed by atoms with van der Waals surface area (Å²) in [5.41, 5.74) is 1.09. The number of hydrogen-bond donors (Lipinski definition) is 1. The molecular formula is C19H20N2O3. The Hall–Kier alpha value is -2.69. The Morgan fingerprint density at radius 3 is 2.29 bits per heavy atom. The third kappa shape index (κ3) is 2.89. The Labute approximate surface area is 140 Å². The van der Waals surface area contributed by atoms with Gasteiger partial charge in [0.25, 0.3) is 5.91 Å². The number of hydrogen-bond acceptors (Lipinski definition) is 3. The van der Waals surface area contributed by atoms with Crippen molar-refractivity contribution in [3.63, 3.8) is 0 Å². The number of rotatable bonds is 3. The maximum atomic E-state index is 12.6. The van der Waals surface area contributed by atoms with Gasteiger partial charge >= 0.3 is 5.97 Å². The van der Waals surface area contributed by atoms with Crippen LogP contribution in [0.15, 0.2) is 48.5 Å². The van der Waals surface area contributed by atoms with Gasteiger partial charge in [-0.05, 0) is 37.5 Å². The molecule has 0 radical (unpaired) electrons. The van der Waals surface area contributed by atoms with Gasteiger partial charge in [-0.3, -0.25) is 9.59 Å². The van der Waals surface area contributed by atoms with Crippen LogP contribution in [0.3, 0.4) is 0 Å². The van der Waals surface area contributed by atoms with E-state index in [1.54, 1.807) is 11.0 Å². The largest absolute Gasteiger partial charge is 0.481 e. The minimum atomic E-state index is -0.919. The molecule has 0 atom stereocenters. The Morgan fingerprint density at radius 1 is 1.04 bits per heavy atom. The van der Waals surface area contributed by atoms with E-state index >= 15 is 0 Å². The van der Waals surface area contributed by atoms with Crippen molar-refractivity contribution in [1.29, 1.82) is 0 Å². The minimum absolute atomic E-state index is 0.134. The molecule has 1 aliphatic rings. The first-order valence-electron chi connectivity index (χ1n) is 8.05. The van der Waals surface area contributed by atoms with Gasteiger partial charge in [0, 0.05) is 18.8 Å². The van der Waals surface area contributed by atoms with Crippen molar-refractivity contribution in [1.82, 2.24) is 9.88 Å². The molecule has 1 aliphatic heterocycles. The maximum absolute atomic E-state index is 12.6. The van der Waals surface area contributed by atoms with E-state index in [-0.39, 0.29) is 5.91 Å². The van der Waals surface area contributed by atoms with Gasteiger partial charge in [-0.1, -0.05) is 36.4 Å². The summed E-state index contributed by atoms with van der Waals surface area (Å²) in [6.45, 7) is 2.67. The lowest BCUT2D eigenvalue weighted by molar-refractivity contribution is -0.145. The number of nitrogens with zero attached hydrogens (tertiary/aromatic N) is 2. The fraction of sp³-hybridized carbons (Fsp3) is 0.316. The molecule has 1 fully saturated rings. The van der Waals surface area contributed by atoms with Crippen molar-refractivity contribution in [2.24, 2.45) is 0 Å². The van der Waals surface area contributed by atoms with Crippen LogP contribution in [0.5, 0.6) is 0 Å². The number of carboxylic acids is 1. The highest BCUT2D eigenvalue weighted by Gasteiger charge is 2.44. The number of benzene rings is 1. The van der Waals surface area contributed by atoms with E-state index in [9.17, 15) is 14.7 Å². The van der Waals surface area contributed by atoms with Crippen molar-refractivity contribution in [2.45, 2.75) is 25.2 Å². The molecular weight excluding hydrogens is 304 g/mol. The van der Waals surface area contributed by atoms with E-state index in [2.05, 4.69) is 4.98 Å². The topological polar surface area (TPSA) is 70.5 Å². The van der Waals surface area contributed by atoms with Gasteiger partial charge in [0.05, 0.1) is 5.41 Å². The zero-order valence-electron chi connectivity index (χ0n) is 13.6. The number of carbonyl (C=O) groups is 2. The van der Waals surface area contributed by atoms with Gasteiger partial charge in [-0.25, -0.2) is 4.98 Å². The molecule has 1 amide bonds. The van der Waals surface area contributed by atoms with Crippen molar-refractivity contribution >= 4 is 11.9 Å². The minimum Gasteiger partial charge on any atom is -0.481 e. The summed E-state index contributed by atoms with van der Waals surface area (Å²) in [5, 5.41) is 9.80. The monoisotopic (exact) mass is 324 g/mol. The summed E-state index contributed by atoms with van der Waals surface area (Å²) in [6.07, 6.45) is 0.813. The van der Waals surface area contributed by atoms with Gasteiger partial charge < -0.3 is 10.0 Å². The molecule has 0 bridgehead atoms. The first-order valence-corrected chi connectivity index (χ1v) is 8.05. The van der Waals surface area contributed by atoms with Gasteiger partial charge in [0.2, 0.25) is 0 Å². The van der Waals surface area contributed by atoms with Crippen molar-refractivity contribution in [2.75, 3.05) is 13.1 Å². The quantitative estimate of drug-likeness (QED) is 0.942. The molecule has 0 unspecified atom stereocenters. The highest BCUT2D eigenvalue weighted by atomic mass is 16.4. The van der Waals surface area contributed by atoms with Crippen molar-refractivity contribution in [3.05, 3.63) is 65.5 Å². The van der Waals surface area contributed by atoms with Gasteiger partial charge in [0.1, 0.15) is 5.69 Å². The van der Waals surface area contributed by atoms with Crippen LogP contribution in [0.4, 0.5) is 0 Å². The molecule has 5 nitrogen and oxygen atoms in total. The molecule has 5 heteroatoms. The average molecular weight is 324 g/mol. The summed E-state index contributed by atoms with van der Waals surface area (Å²) in [4.78, 5) is 30.5. The molecule has 1 saturated heterocycles. The highest BCUT2D eigenvalue weighted by Crippen LogP contribution is 2.36. The summed E-state index contributed by atoms with van der Waals surface area (Å²) in [6, 6.07) is 14.7. The van der Waals surface area contributed by atoms with Crippen LogP contribution < -0.4 is 0 Å². The molecule has 2 heterocycles. The van der Waals surface area contributed by atoms with E-state index in [0.717, 1.165) is 11.3 Å². The lowest BCUT2D eigenvalue weighted by Crippen LogP contribution is -2.49. The zero-order chi connectivity index (χ0) is 17.2. The van der Waals surface area contributed by atoms with E-state index in [4.69, 9.17) is 0 Å². The average Bonchev–Trinajstić information content (AvgIpc) is 2.62. The number of carbonyl (C=O) groups excluding carboxylic acids is 1. The van der Waals surface area contributed by atoms with Crippen LogP contribution in [0.2, 0.25) is 0 Å². The molecule has 2 aromatic rings. The van der Waals surface area contributed by atoms with Crippen molar-refractivity contribution < 1.29 is 14.7 Å². The lowest BCUT2D eigenvalue weighted by atomic mass is 9.73. The maximum Gasteiger partial charge on any atom is 0.314 e. The third-order valence-corrected chi connectivity index (χ3v) is 4.75. The van der Waals surface area contributed by atoms with E-state index in [0.29, 0.717) is 31.6 Å². The van der Waals surface area contributed by atoms with E-state index < -0.39 is 11.4 Å². The Morgan fingerprint density at radius 2 is 1.71 bits per heavy atom. The molecule has 1 aromatic carbocycles. The van der Waals surface area contributed by atoms with Crippen LogP contribution in [-0.4, -0.2) is 40.0 Å². The van der Waals surface area contributed by atoms with Crippen LogP contribution in [0, 0.1) is 6.92 Å². The molecule has 1 aromatic heterocycles. The van der Waals surface area contributed by atoms with Crippen LogP contribution in [-0.2, 0) is 10.2 Å². The number of carboxylic acid groups (broad SMARTS) is 1. The fourth-order valence-corrected chi connectivity index (χ4v) is 3.30. The second-order valence-corrected chi connectivity index (χ2v) is 6.21. The molecule has 24 heavy (non-hydrogen) atoms. The van der Waals surface area contributed by atoms with Gasteiger partial charge in [0.15, 0.2) is 0 Å². The molecule has 0 spiro atoms. The molecule has 0 saturated carbocycles. The summed E-state index contributed by atoms with van der Waals surface area (Å²) >= 11 is 0. The predicted octanol–water partition coefficient (Wildman–Crippen LogP) is 2.65. The Bertz CT molecular complexity index is 750. The fourth-order valence-electron chi connectivity index (χ4n) is 3.30. The first kappa shape index (κ1) is 16.2. The Kier molecular flexibility index (Phi) is 4.34. The predicted molar refractivity (Wildman–Crippen MR) is 89.9 cm³/mol. The summed E-state index contributed by atoms with van der Waals surface area (Å²) < 4.78 is 0. The number of likely N-dealkylation sites (tertiary alicyclic amines) is 1. The number of pyridine rings is 1. The van der Waals surface area contributed by atoms with E-state index in [1.165, 1.54) is 0 Å². The van der Waals surface area contributed by atoms with Crippen LogP contribution >= 0.6 is 0 Å². The zero-order valence-corrected chi connectivity index (χ0v) is 13.6. The summed E-state index contributed by atoms with van der Waals surface area (Å²) in [7, 11) is 0.